The highest BCUT2D eigenvalue weighted by Crippen LogP contribution is 2.46. The van der Waals surface area contributed by atoms with E-state index in [1.165, 1.54) is 0 Å². The minimum Gasteiger partial charge on any atom is -0.394 e. The molecule has 1 heterocycles. The number of carbonyl (C=O) groups excluding carboxylic acids is 3. The Morgan fingerprint density at radius 3 is 2.41 bits per heavy atom. The number of nitrogens with one attached hydrogen (secondary N) is 2. The fraction of sp³-hybridized carbons (Fsp3) is 0.593. The van der Waals surface area contributed by atoms with Gasteiger partial charge < -0.3 is 20.6 Å². The summed E-state index contributed by atoms with van der Waals surface area (Å²) in [6, 6.07) is 8.39. The molecule has 1 fully saturated rings. The monoisotopic (exact) mass is 469 g/mol. The smallest absolute Gasteiger partial charge is 0.243 e. The number of rotatable bonds is 10. The molecule has 3 N–H and O–H groups in total. The van der Waals surface area contributed by atoms with Crippen molar-refractivity contribution in [2.24, 2.45) is 29.6 Å². The second-order valence-corrected chi connectivity index (χ2v) is 9.94. The SMILES string of the molecule is CCC[C@@H]1C=C[C@H]2[C@@H](C(=O)N([C@@H](CO)CC(C)C)[C@@H]2C(=O)NCc2ccccc2)[C@@H]1C(=O)NC. The molecule has 0 radical (unpaired) electrons. The summed E-state index contributed by atoms with van der Waals surface area (Å²) >= 11 is 0. The summed E-state index contributed by atoms with van der Waals surface area (Å²) in [4.78, 5) is 42.1. The van der Waals surface area contributed by atoms with Gasteiger partial charge in [-0.05, 0) is 30.2 Å². The van der Waals surface area contributed by atoms with Gasteiger partial charge in [-0.2, -0.15) is 0 Å². The largest absolute Gasteiger partial charge is 0.394 e. The number of hydrogen-bond donors (Lipinski definition) is 3. The average Bonchev–Trinajstić information content (AvgIpc) is 3.13. The van der Waals surface area contributed by atoms with Crippen molar-refractivity contribution in [3.63, 3.8) is 0 Å². The van der Waals surface area contributed by atoms with Crippen LogP contribution in [0.2, 0.25) is 0 Å². The lowest BCUT2D eigenvalue weighted by molar-refractivity contribution is -0.143. The van der Waals surface area contributed by atoms with Gasteiger partial charge in [0.2, 0.25) is 17.7 Å². The van der Waals surface area contributed by atoms with E-state index in [1.54, 1.807) is 11.9 Å². The summed E-state index contributed by atoms with van der Waals surface area (Å²) in [5.41, 5.74) is 0.967. The van der Waals surface area contributed by atoms with Gasteiger partial charge in [0.05, 0.1) is 24.5 Å². The Hall–Kier alpha value is -2.67. The lowest BCUT2D eigenvalue weighted by Crippen LogP contribution is -2.52. The van der Waals surface area contributed by atoms with Gasteiger partial charge in [-0.25, -0.2) is 0 Å². The van der Waals surface area contributed by atoms with Crippen LogP contribution in [0.3, 0.4) is 0 Å². The van der Waals surface area contributed by atoms with Crippen molar-refractivity contribution in [2.75, 3.05) is 13.7 Å². The lowest BCUT2D eigenvalue weighted by Gasteiger charge is -2.34. The number of fused-ring (bicyclic) bond motifs is 1. The number of hydrogen-bond acceptors (Lipinski definition) is 4. The van der Waals surface area contributed by atoms with E-state index in [0.717, 1.165) is 18.4 Å². The maximum Gasteiger partial charge on any atom is 0.243 e. The third-order valence-electron chi connectivity index (χ3n) is 7.14. The molecule has 3 amide bonds. The highest BCUT2D eigenvalue weighted by molar-refractivity contribution is 5.97. The number of amides is 3. The number of likely N-dealkylation sites (tertiary alicyclic amines) is 1. The van der Waals surface area contributed by atoms with Gasteiger partial charge in [-0.3, -0.25) is 14.4 Å². The van der Waals surface area contributed by atoms with Crippen LogP contribution >= 0.6 is 0 Å². The van der Waals surface area contributed by atoms with Crippen LogP contribution < -0.4 is 10.6 Å². The molecular formula is C27H39N3O4. The molecule has 7 nitrogen and oxygen atoms in total. The fourth-order valence-corrected chi connectivity index (χ4v) is 5.68. The van der Waals surface area contributed by atoms with Crippen LogP contribution in [0.4, 0.5) is 0 Å². The second kappa shape index (κ2) is 11.6. The molecule has 186 valence electrons. The zero-order valence-corrected chi connectivity index (χ0v) is 20.7. The molecule has 0 saturated carbocycles. The zero-order chi connectivity index (χ0) is 24.8. The molecule has 1 aliphatic carbocycles. The van der Waals surface area contributed by atoms with Gasteiger partial charge in [0.25, 0.3) is 0 Å². The van der Waals surface area contributed by atoms with Crippen molar-refractivity contribution in [3.05, 3.63) is 48.0 Å². The maximum absolute atomic E-state index is 13.9. The van der Waals surface area contributed by atoms with Crippen LogP contribution in [0.5, 0.6) is 0 Å². The van der Waals surface area contributed by atoms with Gasteiger partial charge in [-0.15, -0.1) is 0 Å². The van der Waals surface area contributed by atoms with Crippen molar-refractivity contribution in [3.8, 4) is 0 Å². The summed E-state index contributed by atoms with van der Waals surface area (Å²) in [6.07, 6.45) is 6.27. The first-order valence-electron chi connectivity index (χ1n) is 12.5. The number of aliphatic hydroxyl groups is 1. The van der Waals surface area contributed by atoms with Crippen LogP contribution in [0.25, 0.3) is 0 Å². The summed E-state index contributed by atoms with van der Waals surface area (Å²) in [5, 5.41) is 16.0. The number of nitrogens with zero attached hydrogens (tertiary/aromatic N) is 1. The van der Waals surface area contributed by atoms with E-state index < -0.39 is 29.8 Å². The molecule has 7 heteroatoms. The maximum atomic E-state index is 13.9. The molecule has 34 heavy (non-hydrogen) atoms. The van der Waals surface area contributed by atoms with E-state index in [1.807, 2.05) is 56.3 Å². The molecule has 1 aliphatic heterocycles. The molecule has 0 unspecified atom stereocenters. The summed E-state index contributed by atoms with van der Waals surface area (Å²) in [6.45, 7) is 6.26. The van der Waals surface area contributed by atoms with Crippen LogP contribution in [0.1, 0.15) is 45.6 Å². The first-order chi connectivity index (χ1) is 16.3. The molecule has 1 aromatic rings. The molecule has 0 bridgehead atoms. The number of benzene rings is 1. The Kier molecular flexibility index (Phi) is 8.89. The summed E-state index contributed by atoms with van der Waals surface area (Å²) < 4.78 is 0. The van der Waals surface area contributed by atoms with Gasteiger partial charge in [-0.1, -0.05) is 69.7 Å². The Labute approximate surface area is 203 Å². The van der Waals surface area contributed by atoms with Gasteiger partial charge in [0.15, 0.2) is 0 Å². The average molecular weight is 470 g/mol. The molecule has 2 aliphatic rings. The molecule has 0 aromatic heterocycles. The topological polar surface area (TPSA) is 98.7 Å². The molecular weight excluding hydrogens is 430 g/mol. The Balaban J connectivity index is 1.98. The van der Waals surface area contributed by atoms with Crippen molar-refractivity contribution >= 4 is 17.7 Å². The van der Waals surface area contributed by atoms with Crippen molar-refractivity contribution in [1.82, 2.24) is 15.5 Å². The minimum atomic E-state index is -0.761. The zero-order valence-electron chi connectivity index (χ0n) is 20.7. The third-order valence-corrected chi connectivity index (χ3v) is 7.14. The fourth-order valence-electron chi connectivity index (χ4n) is 5.68. The predicted molar refractivity (Wildman–Crippen MR) is 131 cm³/mol. The Morgan fingerprint density at radius 2 is 1.82 bits per heavy atom. The van der Waals surface area contributed by atoms with Crippen molar-refractivity contribution < 1.29 is 19.5 Å². The number of allylic oxidation sites excluding steroid dienone is 1. The lowest BCUT2D eigenvalue weighted by atomic mass is 9.68. The molecule has 1 aromatic carbocycles. The van der Waals surface area contributed by atoms with E-state index in [2.05, 4.69) is 17.6 Å². The van der Waals surface area contributed by atoms with Crippen LogP contribution in [-0.4, -0.2) is 53.5 Å². The molecule has 0 spiro atoms. The van der Waals surface area contributed by atoms with Crippen LogP contribution in [0, 0.1) is 29.6 Å². The van der Waals surface area contributed by atoms with Crippen molar-refractivity contribution in [1.29, 1.82) is 0 Å². The van der Waals surface area contributed by atoms with E-state index in [0.29, 0.717) is 13.0 Å². The first kappa shape index (κ1) is 25.9. The van der Waals surface area contributed by atoms with E-state index in [4.69, 9.17) is 0 Å². The van der Waals surface area contributed by atoms with E-state index in [9.17, 15) is 19.5 Å². The third kappa shape index (κ3) is 5.35. The second-order valence-electron chi connectivity index (χ2n) is 9.94. The van der Waals surface area contributed by atoms with Gasteiger partial charge in [0, 0.05) is 19.5 Å². The van der Waals surface area contributed by atoms with Gasteiger partial charge >= 0.3 is 0 Å². The molecule has 3 rings (SSSR count). The predicted octanol–water partition coefficient (Wildman–Crippen LogP) is 2.50. The Bertz CT molecular complexity index is 885. The first-order valence-corrected chi connectivity index (χ1v) is 12.5. The summed E-state index contributed by atoms with van der Waals surface area (Å²) in [7, 11) is 1.59. The normalized spacial score (nSPS) is 26.9. The van der Waals surface area contributed by atoms with E-state index in [-0.39, 0.29) is 36.2 Å². The van der Waals surface area contributed by atoms with Crippen LogP contribution in [0.15, 0.2) is 42.5 Å². The number of carbonyl (C=O) groups is 3. The molecule has 1 saturated heterocycles. The highest BCUT2D eigenvalue weighted by atomic mass is 16.3. The summed E-state index contributed by atoms with van der Waals surface area (Å²) in [5.74, 6) is -2.00. The minimum absolute atomic E-state index is 0.0548. The Morgan fingerprint density at radius 1 is 1.12 bits per heavy atom. The van der Waals surface area contributed by atoms with Crippen LogP contribution in [-0.2, 0) is 20.9 Å². The quantitative estimate of drug-likeness (QED) is 0.459. The van der Waals surface area contributed by atoms with Crippen molar-refractivity contribution in [2.45, 2.75) is 58.7 Å². The van der Waals surface area contributed by atoms with Gasteiger partial charge in [0.1, 0.15) is 6.04 Å². The molecule has 6 atom stereocenters. The number of aliphatic hydroxyl groups excluding tert-OH is 1. The standard InChI is InChI=1S/C27H39N3O4/c1-5-9-19-12-13-21-23(22(19)25(32)28-4)27(34)30(20(16-31)14-17(2)3)24(21)26(33)29-15-18-10-7-6-8-11-18/h6-8,10-13,17,19-24,31H,5,9,14-16H2,1-4H3,(H,28,32)(H,29,33)/t19-,20-,21+,22-,23-,24+/m1/s1. The highest BCUT2D eigenvalue weighted by Gasteiger charge is 2.58. The van der Waals surface area contributed by atoms with E-state index >= 15 is 0 Å².